The van der Waals surface area contributed by atoms with Crippen molar-refractivity contribution in [3.05, 3.63) is 290 Å². The van der Waals surface area contributed by atoms with E-state index in [-0.39, 0.29) is 23.0 Å². The summed E-state index contributed by atoms with van der Waals surface area (Å²) in [6.45, 7) is 21.1. The van der Waals surface area contributed by atoms with Crippen LogP contribution in [0.5, 0.6) is 0 Å². The summed E-state index contributed by atoms with van der Waals surface area (Å²) in [5.41, 5.74) is 12.0. The van der Waals surface area contributed by atoms with E-state index in [9.17, 15) is 24.0 Å². The van der Waals surface area contributed by atoms with Crippen LogP contribution in [-0.2, 0) is 0 Å². The molecule has 5 aliphatic heterocycles. The average molecular weight is 1880 g/mol. The SMILES string of the molecule is CN1CCN(c2ccc3cc(-c4nc5c(Cl)cccc5o4)c(=O)oc3c2)CC1.Cc1cccc(Nc2cc3ccc(N4CCNCC4)cc3oc2=O)n1.O=c1oc2cc(N3CCNCC3)ccc2cc1-c1nc2c(I)cccc2o1.O=c1oc2cc(N3CCNCC3)ccc2cc1Nc1ccc(Cl)cn1.O=c1oc2cc(N3CCNCC3)ccc2cc1Nc1cccnc1. The molecular weight excluding hydrogens is 1790 g/mol. The van der Waals surface area contributed by atoms with Gasteiger partial charge in [-0.1, -0.05) is 41.4 Å². The molecule has 129 heavy (non-hydrogen) atoms. The van der Waals surface area contributed by atoms with Crippen molar-refractivity contribution in [1.82, 2.24) is 51.1 Å². The molecule has 22 rings (SSSR count). The molecule has 0 aliphatic carbocycles. The molecule has 30 nitrogen and oxygen atoms in total. The van der Waals surface area contributed by atoms with Crippen LogP contribution in [0.3, 0.4) is 0 Å². The maximum Gasteiger partial charge on any atom is 0.360 e. The predicted octanol–water partition coefficient (Wildman–Crippen LogP) is 15.6. The van der Waals surface area contributed by atoms with Gasteiger partial charge in [0.15, 0.2) is 11.2 Å². The van der Waals surface area contributed by atoms with Crippen molar-refractivity contribution in [2.75, 3.05) is 178 Å². The van der Waals surface area contributed by atoms with Gasteiger partial charge in [-0.3, -0.25) is 4.98 Å². The third-order valence-corrected chi connectivity index (χ3v) is 24.1. The van der Waals surface area contributed by atoms with Gasteiger partial charge in [-0.2, -0.15) is 0 Å². The van der Waals surface area contributed by atoms with Crippen molar-refractivity contribution in [1.29, 1.82) is 0 Å². The summed E-state index contributed by atoms with van der Waals surface area (Å²) in [5, 5.41) is 27.7. The molecule has 15 heterocycles. The molecule has 656 valence electrons. The molecule has 7 aromatic carbocycles. The van der Waals surface area contributed by atoms with E-state index in [4.69, 9.17) is 54.1 Å². The molecule has 0 saturated carbocycles. The van der Waals surface area contributed by atoms with Gasteiger partial charge in [-0.25, -0.2) is 43.9 Å². The Labute approximate surface area is 761 Å². The highest BCUT2D eigenvalue weighted by Crippen LogP contribution is 2.35. The van der Waals surface area contributed by atoms with Crippen LogP contribution in [0.25, 0.3) is 100.0 Å². The number of rotatable bonds is 13. The van der Waals surface area contributed by atoms with E-state index in [1.54, 1.807) is 60.9 Å². The lowest BCUT2D eigenvalue weighted by Crippen LogP contribution is -2.44. The highest BCUT2D eigenvalue weighted by atomic mass is 127. The number of piperazine rings is 5. The number of benzene rings is 7. The normalized spacial score (nSPS) is 14.9. The Balaban J connectivity index is 0.000000109. The molecule has 17 aromatic rings. The Bertz CT molecular complexity index is 7250. The molecule has 0 radical (unpaired) electrons. The van der Waals surface area contributed by atoms with Crippen molar-refractivity contribution in [2.24, 2.45) is 0 Å². The number of nitrogens with one attached hydrogen (secondary N) is 7. The largest absolute Gasteiger partial charge is 0.436 e. The average Bonchev–Trinajstić information content (AvgIpc) is 1.58. The van der Waals surface area contributed by atoms with Crippen LogP contribution < -0.4 is 89.8 Å². The van der Waals surface area contributed by atoms with Gasteiger partial charge in [0.1, 0.15) is 78.8 Å². The summed E-state index contributed by atoms with van der Waals surface area (Å²) in [7, 11) is 2.12. The van der Waals surface area contributed by atoms with Crippen LogP contribution in [0, 0.1) is 10.5 Å². The number of oxazole rings is 2. The number of halogens is 3. The summed E-state index contributed by atoms with van der Waals surface area (Å²) in [6.07, 6.45) is 4.87. The number of hydrogen-bond acceptors (Lipinski definition) is 30. The van der Waals surface area contributed by atoms with Crippen molar-refractivity contribution in [3.63, 3.8) is 0 Å². The van der Waals surface area contributed by atoms with E-state index in [0.29, 0.717) is 88.9 Å². The standard InChI is InChI=1S/C21H18ClN3O3.C20H16IN3O3.C19H20N4O2.C18H17ClN4O2.C18H18N4O2/c1-24-7-9-25(10-8-24)14-6-5-13-11-15(21(26)28-18(13)12-14)20-23-19-16(22)3-2-4-17(19)27-20;21-15-2-1-3-16-18(15)23-19(26-16)14-10-12-4-5-13(11-17(12)27-20(14)25)24-8-6-22-7-9-24;1-13-3-2-4-18(21-13)22-16-11-14-5-6-15(12-17(14)25-19(16)24)23-9-7-20-8-10-23;19-13-2-4-17(21-11-13)22-15-9-12-1-3-14(10-16(12)25-18(15)24)23-7-5-20-6-8-23;23-18-16(21-14-2-1-5-20-12-14)10-13-3-4-15(11-17(13)24-18)22-8-6-19-7-9-22/h2-6,11-12H,7-10H2,1H3;1-5,10-11,22H,6-9H2;2-6,11-12,20H,7-10H2,1H3,(H,21,22);1-4,9-11,20H,5-8H2,(H,21,22);1-5,10-12,19,21H,6-9H2. The minimum absolute atomic E-state index is 0.210. The maximum absolute atomic E-state index is 12.6. The summed E-state index contributed by atoms with van der Waals surface area (Å²) in [4.78, 5) is 97.2. The Morgan fingerprint density at radius 1 is 0.357 bits per heavy atom. The second kappa shape index (κ2) is 39.4. The summed E-state index contributed by atoms with van der Waals surface area (Å²) in [6, 6.07) is 62.5. The predicted molar refractivity (Wildman–Crippen MR) is 518 cm³/mol. The molecule has 33 heteroatoms. The number of anilines is 11. The molecule has 7 N–H and O–H groups in total. The van der Waals surface area contributed by atoms with E-state index in [0.717, 1.165) is 207 Å². The van der Waals surface area contributed by atoms with Gasteiger partial charge in [-0.05, 0) is 188 Å². The minimum Gasteiger partial charge on any atom is -0.436 e. The van der Waals surface area contributed by atoms with Crippen LogP contribution in [0.2, 0.25) is 10.0 Å². The highest BCUT2D eigenvalue weighted by molar-refractivity contribution is 14.1. The van der Waals surface area contributed by atoms with Crippen molar-refractivity contribution < 1.29 is 30.9 Å². The van der Waals surface area contributed by atoms with Crippen molar-refractivity contribution in [2.45, 2.75) is 6.92 Å². The first-order valence-electron chi connectivity index (χ1n) is 42.5. The maximum atomic E-state index is 12.6. The van der Waals surface area contributed by atoms with Gasteiger partial charge in [0, 0.05) is 238 Å². The first-order valence-corrected chi connectivity index (χ1v) is 44.3. The molecular formula is C96H89Cl2IN18O12. The zero-order valence-electron chi connectivity index (χ0n) is 70.4. The molecule has 5 saturated heterocycles. The highest BCUT2D eigenvalue weighted by Gasteiger charge is 2.24. The van der Waals surface area contributed by atoms with Gasteiger partial charge in [-0.15, -0.1) is 0 Å². The molecule has 0 spiro atoms. The van der Waals surface area contributed by atoms with Crippen LogP contribution in [0.4, 0.5) is 62.8 Å². The van der Waals surface area contributed by atoms with E-state index in [1.807, 2.05) is 128 Å². The Kier molecular flexibility index (Phi) is 26.3. The molecule has 0 unspecified atom stereocenters. The number of pyridine rings is 3. The first kappa shape index (κ1) is 86.2. The minimum atomic E-state index is -0.481. The zero-order chi connectivity index (χ0) is 88.4. The van der Waals surface area contributed by atoms with E-state index in [1.165, 1.54) is 6.20 Å². The fourth-order valence-electron chi connectivity index (χ4n) is 15.8. The molecule has 5 aliphatic rings. The van der Waals surface area contributed by atoms with Crippen molar-refractivity contribution in [3.8, 4) is 22.9 Å². The van der Waals surface area contributed by atoms with Gasteiger partial charge >= 0.3 is 28.1 Å². The van der Waals surface area contributed by atoms with Gasteiger partial charge < -0.3 is 97.5 Å². The second-order valence-electron chi connectivity index (χ2n) is 31.4. The quantitative estimate of drug-likeness (QED) is 0.0416. The summed E-state index contributed by atoms with van der Waals surface area (Å²) in [5.74, 6) is 1.66. The monoisotopic (exact) mass is 1880 g/mol. The van der Waals surface area contributed by atoms with Crippen LogP contribution in [0.1, 0.15) is 5.69 Å². The topological polar surface area (TPSA) is 345 Å². The van der Waals surface area contributed by atoms with Gasteiger partial charge in [0.05, 0.1) is 21.9 Å². The van der Waals surface area contributed by atoms with Crippen LogP contribution >= 0.6 is 45.8 Å². The third-order valence-electron chi connectivity index (χ3n) is 22.7. The van der Waals surface area contributed by atoms with Crippen molar-refractivity contribution >= 4 is 186 Å². The number of aromatic nitrogens is 5. The smallest absolute Gasteiger partial charge is 0.360 e. The number of para-hydroxylation sites is 2. The molecule has 0 atom stereocenters. The van der Waals surface area contributed by atoms with E-state index in [2.05, 4.69) is 152 Å². The number of hydrogen-bond donors (Lipinski definition) is 7. The van der Waals surface area contributed by atoms with Gasteiger partial charge in [0.25, 0.3) is 0 Å². The third kappa shape index (κ3) is 20.6. The van der Waals surface area contributed by atoms with E-state index < -0.39 is 22.5 Å². The Morgan fingerprint density at radius 3 is 1.16 bits per heavy atom. The molecule has 5 fully saturated rings. The lowest BCUT2D eigenvalue weighted by molar-refractivity contribution is 0.313. The summed E-state index contributed by atoms with van der Waals surface area (Å²) < 4.78 is 40.3. The number of fused-ring (bicyclic) bond motifs is 7. The second-order valence-corrected chi connectivity index (χ2v) is 33.4. The fourth-order valence-corrected chi connectivity index (χ4v) is 16.7. The number of aryl methyl sites for hydroxylation is 1. The number of likely N-dealkylation sites (N-methyl/N-ethyl adjacent to an activating group) is 1. The first-order chi connectivity index (χ1) is 62.9. The van der Waals surface area contributed by atoms with Gasteiger partial charge in [0.2, 0.25) is 11.8 Å². The van der Waals surface area contributed by atoms with E-state index >= 15 is 0 Å². The molecule has 10 aromatic heterocycles. The Morgan fingerprint density at radius 2 is 0.752 bits per heavy atom. The number of nitrogens with zero attached hydrogens (tertiary/aromatic N) is 11. The molecule has 0 amide bonds. The lowest BCUT2D eigenvalue weighted by atomic mass is 10.1. The summed E-state index contributed by atoms with van der Waals surface area (Å²) >= 11 is 14.2. The Hall–Kier alpha value is -13.5. The molecule has 0 bridgehead atoms. The fraction of sp³-hybridized carbons (Fsp3) is 0.229. The lowest BCUT2D eigenvalue weighted by Gasteiger charge is -2.34. The van der Waals surface area contributed by atoms with Crippen LogP contribution in [-0.4, -0.2) is 168 Å². The van der Waals surface area contributed by atoms with Crippen LogP contribution in [0.15, 0.2) is 274 Å². The zero-order valence-corrected chi connectivity index (χ0v) is 74.0.